The fraction of sp³-hybridized carbons (Fsp3) is 0.882. The van der Waals surface area contributed by atoms with E-state index in [1.54, 1.807) is 0 Å². The van der Waals surface area contributed by atoms with Crippen molar-refractivity contribution in [3.63, 3.8) is 0 Å². The van der Waals surface area contributed by atoms with Gasteiger partial charge in [-0.2, -0.15) is 0 Å². The lowest BCUT2D eigenvalue weighted by atomic mass is 9.90. The summed E-state index contributed by atoms with van der Waals surface area (Å²) in [4.78, 5) is 26.8. The van der Waals surface area contributed by atoms with Gasteiger partial charge in [-0.3, -0.25) is 9.59 Å². The quantitative estimate of drug-likeness (QED) is 0.757. The van der Waals surface area contributed by atoms with Gasteiger partial charge in [0.2, 0.25) is 11.8 Å². The number of nitrogens with one attached hydrogen (secondary N) is 2. The number of carbonyl (C=O) groups excluding carboxylic acids is 2. The van der Waals surface area contributed by atoms with Crippen molar-refractivity contribution in [1.29, 1.82) is 0 Å². The molecule has 3 atom stereocenters. The number of amides is 2. The largest absolute Gasteiger partial charge is 0.356 e. The van der Waals surface area contributed by atoms with Crippen LogP contribution >= 0.6 is 0 Å². The molecular formula is C17H31N3O2. The summed E-state index contributed by atoms with van der Waals surface area (Å²) in [7, 11) is 0. The van der Waals surface area contributed by atoms with E-state index in [2.05, 4.69) is 24.5 Å². The number of rotatable bonds is 5. The first-order valence-electron chi connectivity index (χ1n) is 8.91. The molecule has 2 heterocycles. The molecule has 126 valence electrons. The van der Waals surface area contributed by atoms with E-state index in [1.807, 2.05) is 4.90 Å². The van der Waals surface area contributed by atoms with Gasteiger partial charge in [-0.25, -0.2) is 0 Å². The molecule has 0 spiro atoms. The number of nitrogens with zero attached hydrogens (tertiary/aromatic N) is 1. The number of hydrogen-bond acceptors (Lipinski definition) is 3. The van der Waals surface area contributed by atoms with Crippen LogP contribution in [-0.4, -0.2) is 48.9 Å². The van der Waals surface area contributed by atoms with Gasteiger partial charge >= 0.3 is 0 Å². The number of carbonyl (C=O) groups is 2. The molecule has 0 radical (unpaired) electrons. The van der Waals surface area contributed by atoms with E-state index in [1.165, 1.54) is 0 Å². The van der Waals surface area contributed by atoms with Gasteiger partial charge in [0.15, 0.2) is 0 Å². The summed E-state index contributed by atoms with van der Waals surface area (Å²) in [6.07, 6.45) is 5.80. The molecule has 0 saturated carbocycles. The van der Waals surface area contributed by atoms with Crippen molar-refractivity contribution in [3.8, 4) is 0 Å². The second-order valence-electron chi connectivity index (χ2n) is 6.84. The molecule has 0 aromatic heterocycles. The number of hydrogen-bond donors (Lipinski definition) is 2. The van der Waals surface area contributed by atoms with Crippen LogP contribution in [0.15, 0.2) is 0 Å². The minimum absolute atomic E-state index is 0.0197. The van der Waals surface area contributed by atoms with E-state index in [9.17, 15) is 9.59 Å². The second-order valence-corrected chi connectivity index (χ2v) is 6.84. The Hall–Kier alpha value is -1.10. The standard InChI is InChI=1S/C17H31N3O2/c1-3-4-8-19-16(21)15-6-5-10-20(12-15)17(22)14-7-9-18-13(2)11-14/h13-15,18H,3-12H2,1-2H3,(H,19,21)/t13-,14-,15?/m0/s1. The minimum atomic E-state index is -0.0197. The number of unbranched alkanes of at least 4 members (excludes halogenated alkanes) is 1. The summed E-state index contributed by atoms with van der Waals surface area (Å²) < 4.78 is 0. The lowest BCUT2D eigenvalue weighted by Crippen LogP contribution is -2.49. The SMILES string of the molecule is CCCCNC(=O)C1CCCN(C(=O)[C@H]2CCN[C@@H](C)C2)C1. The highest BCUT2D eigenvalue weighted by Crippen LogP contribution is 2.23. The Bertz CT molecular complexity index is 386. The van der Waals surface area contributed by atoms with Crippen LogP contribution in [-0.2, 0) is 9.59 Å². The van der Waals surface area contributed by atoms with Crippen LogP contribution in [0.5, 0.6) is 0 Å². The molecule has 2 aliphatic heterocycles. The van der Waals surface area contributed by atoms with Crippen molar-refractivity contribution in [2.75, 3.05) is 26.2 Å². The molecule has 0 bridgehead atoms. The number of piperidine rings is 2. The highest BCUT2D eigenvalue weighted by Gasteiger charge is 2.33. The fourth-order valence-electron chi connectivity index (χ4n) is 3.54. The maximum Gasteiger partial charge on any atom is 0.225 e. The Kier molecular flexibility index (Phi) is 6.68. The van der Waals surface area contributed by atoms with E-state index >= 15 is 0 Å². The van der Waals surface area contributed by atoms with Gasteiger partial charge in [0.25, 0.3) is 0 Å². The Balaban J connectivity index is 1.84. The summed E-state index contributed by atoms with van der Waals surface area (Å²) in [6.45, 7) is 7.36. The average molecular weight is 309 g/mol. The summed E-state index contributed by atoms with van der Waals surface area (Å²) in [5.41, 5.74) is 0. The topological polar surface area (TPSA) is 61.4 Å². The zero-order chi connectivity index (χ0) is 15.9. The molecule has 0 aromatic carbocycles. The first-order valence-corrected chi connectivity index (χ1v) is 8.91. The van der Waals surface area contributed by atoms with Crippen LogP contribution in [0.25, 0.3) is 0 Å². The van der Waals surface area contributed by atoms with Gasteiger partial charge in [0, 0.05) is 31.6 Å². The van der Waals surface area contributed by atoms with Crippen LogP contribution in [0.4, 0.5) is 0 Å². The maximum absolute atomic E-state index is 12.7. The van der Waals surface area contributed by atoms with Crippen LogP contribution in [0.2, 0.25) is 0 Å². The summed E-state index contributed by atoms with van der Waals surface area (Å²) in [5, 5.41) is 6.40. The first kappa shape index (κ1) is 17.3. The van der Waals surface area contributed by atoms with E-state index < -0.39 is 0 Å². The smallest absolute Gasteiger partial charge is 0.225 e. The zero-order valence-corrected chi connectivity index (χ0v) is 14.1. The van der Waals surface area contributed by atoms with Gasteiger partial charge < -0.3 is 15.5 Å². The molecule has 22 heavy (non-hydrogen) atoms. The Morgan fingerprint density at radius 2 is 2.09 bits per heavy atom. The van der Waals surface area contributed by atoms with Crippen molar-refractivity contribution >= 4 is 11.8 Å². The zero-order valence-electron chi connectivity index (χ0n) is 14.1. The molecule has 5 heteroatoms. The highest BCUT2D eigenvalue weighted by atomic mass is 16.2. The third-order valence-electron chi connectivity index (χ3n) is 4.91. The van der Waals surface area contributed by atoms with Crippen molar-refractivity contribution in [2.24, 2.45) is 11.8 Å². The minimum Gasteiger partial charge on any atom is -0.356 e. The molecule has 2 rings (SSSR count). The van der Waals surface area contributed by atoms with Gasteiger partial charge in [-0.05, 0) is 45.6 Å². The normalized spacial score (nSPS) is 29.2. The summed E-state index contributed by atoms with van der Waals surface area (Å²) >= 11 is 0. The molecule has 2 saturated heterocycles. The third kappa shape index (κ3) is 4.70. The predicted octanol–water partition coefficient (Wildman–Crippen LogP) is 1.53. The van der Waals surface area contributed by atoms with Crippen LogP contribution in [0.3, 0.4) is 0 Å². The maximum atomic E-state index is 12.7. The molecule has 1 unspecified atom stereocenters. The predicted molar refractivity (Wildman–Crippen MR) is 87.4 cm³/mol. The van der Waals surface area contributed by atoms with Crippen LogP contribution in [0, 0.1) is 11.8 Å². The van der Waals surface area contributed by atoms with E-state index in [-0.39, 0.29) is 23.7 Å². The summed E-state index contributed by atoms with van der Waals surface area (Å²) in [5.74, 6) is 0.510. The lowest BCUT2D eigenvalue weighted by Gasteiger charge is -2.36. The van der Waals surface area contributed by atoms with E-state index in [0.717, 1.165) is 58.2 Å². The van der Waals surface area contributed by atoms with Gasteiger partial charge in [-0.15, -0.1) is 0 Å². The average Bonchev–Trinajstić information content (AvgIpc) is 2.54. The molecule has 2 N–H and O–H groups in total. The molecule has 2 amide bonds. The Morgan fingerprint density at radius 1 is 1.27 bits per heavy atom. The van der Waals surface area contributed by atoms with Gasteiger partial charge in [-0.1, -0.05) is 13.3 Å². The van der Waals surface area contributed by atoms with E-state index in [0.29, 0.717) is 12.6 Å². The third-order valence-corrected chi connectivity index (χ3v) is 4.91. The number of likely N-dealkylation sites (tertiary alicyclic amines) is 1. The highest BCUT2D eigenvalue weighted by molar-refractivity contribution is 5.82. The fourth-order valence-corrected chi connectivity index (χ4v) is 3.54. The molecule has 0 aliphatic carbocycles. The molecule has 2 fully saturated rings. The van der Waals surface area contributed by atoms with Crippen molar-refractivity contribution in [1.82, 2.24) is 15.5 Å². The van der Waals surface area contributed by atoms with Gasteiger partial charge in [0.1, 0.15) is 0 Å². The van der Waals surface area contributed by atoms with Crippen molar-refractivity contribution in [2.45, 2.75) is 58.4 Å². The Morgan fingerprint density at radius 3 is 2.82 bits per heavy atom. The Labute approximate surface area is 134 Å². The van der Waals surface area contributed by atoms with Gasteiger partial charge in [0.05, 0.1) is 5.92 Å². The molecule has 5 nitrogen and oxygen atoms in total. The van der Waals surface area contributed by atoms with E-state index in [4.69, 9.17) is 0 Å². The summed E-state index contributed by atoms with van der Waals surface area (Å²) in [6, 6.07) is 0.417. The monoisotopic (exact) mass is 309 g/mol. The molecule has 0 aromatic rings. The van der Waals surface area contributed by atoms with Crippen molar-refractivity contribution < 1.29 is 9.59 Å². The first-order chi connectivity index (χ1) is 10.6. The van der Waals surface area contributed by atoms with Crippen molar-refractivity contribution in [3.05, 3.63) is 0 Å². The van der Waals surface area contributed by atoms with Crippen LogP contribution in [0.1, 0.15) is 52.4 Å². The van der Waals surface area contributed by atoms with Crippen LogP contribution < -0.4 is 10.6 Å². The molecule has 2 aliphatic rings. The lowest BCUT2D eigenvalue weighted by molar-refractivity contribution is -0.140. The second kappa shape index (κ2) is 8.51. The molecular weight excluding hydrogens is 278 g/mol.